The highest BCUT2D eigenvalue weighted by Gasteiger charge is 2.52. The first-order valence-corrected chi connectivity index (χ1v) is 9.10. The third-order valence-electron chi connectivity index (χ3n) is 4.87. The highest BCUT2D eigenvalue weighted by molar-refractivity contribution is 7.22. The fourth-order valence-corrected chi connectivity index (χ4v) is 4.54. The van der Waals surface area contributed by atoms with Crippen molar-refractivity contribution in [3.63, 3.8) is 0 Å². The number of benzene rings is 1. The van der Waals surface area contributed by atoms with Crippen LogP contribution in [0.3, 0.4) is 0 Å². The number of para-hydroxylation sites is 1. The summed E-state index contributed by atoms with van der Waals surface area (Å²) in [7, 11) is 0. The summed E-state index contributed by atoms with van der Waals surface area (Å²) in [4.78, 5) is 42.4. The van der Waals surface area contributed by atoms with Crippen LogP contribution in [0.25, 0.3) is 10.2 Å². The van der Waals surface area contributed by atoms with Gasteiger partial charge in [-0.1, -0.05) is 36.3 Å². The van der Waals surface area contributed by atoms with Crippen LogP contribution in [0, 0.1) is 6.92 Å². The Labute approximate surface area is 148 Å². The molecule has 2 aliphatic rings. The van der Waals surface area contributed by atoms with Gasteiger partial charge in [0, 0.05) is 0 Å². The second-order valence-electron chi connectivity index (χ2n) is 6.60. The van der Waals surface area contributed by atoms with Gasteiger partial charge in [-0.25, -0.2) is 9.78 Å². The molecule has 1 aromatic carbocycles. The van der Waals surface area contributed by atoms with Crippen molar-refractivity contribution >= 4 is 44.5 Å². The molecule has 2 heterocycles. The number of fused-ring (bicyclic) bond motifs is 1. The van der Waals surface area contributed by atoms with Crippen LogP contribution in [0.1, 0.15) is 31.2 Å². The maximum absolute atomic E-state index is 12.6. The maximum atomic E-state index is 12.6. The maximum Gasteiger partial charge on any atom is 0.325 e. The minimum Gasteiger partial charge on any atom is -0.323 e. The summed E-state index contributed by atoms with van der Waals surface area (Å²) in [6.45, 7) is 1.67. The molecule has 1 aliphatic carbocycles. The van der Waals surface area contributed by atoms with E-state index in [1.807, 2.05) is 25.1 Å². The quantitative estimate of drug-likeness (QED) is 0.824. The molecule has 8 heteroatoms. The van der Waals surface area contributed by atoms with Gasteiger partial charge in [0.05, 0.1) is 10.2 Å². The largest absolute Gasteiger partial charge is 0.325 e. The molecule has 1 spiro atoms. The molecule has 1 saturated carbocycles. The van der Waals surface area contributed by atoms with Crippen LogP contribution in [-0.4, -0.2) is 39.8 Å². The van der Waals surface area contributed by atoms with E-state index in [0.717, 1.165) is 33.5 Å². The lowest BCUT2D eigenvalue weighted by atomic mass is 9.98. The molecule has 0 unspecified atom stereocenters. The molecule has 2 fully saturated rings. The minimum atomic E-state index is -0.787. The zero-order chi connectivity index (χ0) is 17.6. The summed E-state index contributed by atoms with van der Waals surface area (Å²) in [6.07, 6.45) is 3.12. The average Bonchev–Trinajstić information content (AvgIpc) is 3.24. The zero-order valence-corrected chi connectivity index (χ0v) is 14.6. The fraction of sp³-hybridized carbons (Fsp3) is 0.412. The van der Waals surface area contributed by atoms with Crippen LogP contribution in [-0.2, 0) is 9.59 Å². The summed E-state index contributed by atoms with van der Waals surface area (Å²) >= 11 is 1.37. The molecule has 0 bridgehead atoms. The highest BCUT2D eigenvalue weighted by atomic mass is 32.1. The standard InChI is InChI=1S/C17H18N4O3S/c1-10-5-4-6-11-13(10)19-15(25-11)18-12(22)9-21-14(23)17(20-16(21)24)7-2-3-8-17/h4-6H,2-3,7-9H2,1H3,(H,20,24)(H,18,19,22). The number of hydrogen-bond acceptors (Lipinski definition) is 5. The summed E-state index contributed by atoms with van der Waals surface area (Å²) in [5.41, 5.74) is 1.10. The molecule has 130 valence electrons. The number of aromatic nitrogens is 1. The number of rotatable bonds is 3. The van der Waals surface area contributed by atoms with Crippen molar-refractivity contribution in [2.75, 3.05) is 11.9 Å². The number of anilines is 1. The first-order chi connectivity index (χ1) is 12.0. The van der Waals surface area contributed by atoms with Crippen molar-refractivity contribution < 1.29 is 14.4 Å². The van der Waals surface area contributed by atoms with Crippen molar-refractivity contribution in [1.82, 2.24) is 15.2 Å². The molecule has 7 nitrogen and oxygen atoms in total. The molecular formula is C17H18N4O3S. The zero-order valence-electron chi connectivity index (χ0n) is 13.8. The van der Waals surface area contributed by atoms with E-state index in [9.17, 15) is 14.4 Å². The first-order valence-electron chi connectivity index (χ1n) is 8.29. The van der Waals surface area contributed by atoms with Gasteiger partial charge in [0.2, 0.25) is 5.91 Å². The topological polar surface area (TPSA) is 91.4 Å². The van der Waals surface area contributed by atoms with Crippen LogP contribution < -0.4 is 10.6 Å². The van der Waals surface area contributed by atoms with Crippen molar-refractivity contribution in [3.05, 3.63) is 23.8 Å². The molecular weight excluding hydrogens is 340 g/mol. The van der Waals surface area contributed by atoms with E-state index >= 15 is 0 Å². The Morgan fingerprint density at radius 1 is 1.36 bits per heavy atom. The van der Waals surface area contributed by atoms with Crippen molar-refractivity contribution in [2.24, 2.45) is 0 Å². The highest BCUT2D eigenvalue weighted by Crippen LogP contribution is 2.35. The van der Waals surface area contributed by atoms with Gasteiger partial charge < -0.3 is 10.6 Å². The number of carbonyl (C=O) groups excluding carboxylic acids is 3. The monoisotopic (exact) mass is 358 g/mol. The molecule has 2 N–H and O–H groups in total. The number of amides is 4. The van der Waals surface area contributed by atoms with Gasteiger partial charge in [-0.05, 0) is 31.4 Å². The Bertz CT molecular complexity index is 885. The normalized spacial score (nSPS) is 19.0. The smallest absolute Gasteiger partial charge is 0.323 e. The number of thiazole rings is 1. The number of hydrogen-bond donors (Lipinski definition) is 2. The number of carbonyl (C=O) groups is 3. The molecule has 0 atom stereocenters. The van der Waals surface area contributed by atoms with Gasteiger partial charge in [0.1, 0.15) is 12.1 Å². The molecule has 25 heavy (non-hydrogen) atoms. The number of urea groups is 1. The van der Waals surface area contributed by atoms with Crippen molar-refractivity contribution in [2.45, 2.75) is 38.1 Å². The number of aryl methyl sites for hydroxylation is 1. The van der Waals surface area contributed by atoms with Gasteiger partial charge in [-0.3, -0.25) is 14.5 Å². The van der Waals surface area contributed by atoms with E-state index in [2.05, 4.69) is 15.6 Å². The lowest BCUT2D eigenvalue weighted by Gasteiger charge is -2.19. The Balaban J connectivity index is 1.47. The fourth-order valence-electron chi connectivity index (χ4n) is 3.58. The lowest BCUT2D eigenvalue weighted by Crippen LogP contribution is -2.44. The molecule has 2 aromatic rings. The summed E-state index contributed by atoms with van der Waals surface area (Å²) in [6, 6.07) is 5.36. The number of nitrogens with zero attached hydrogens (tertiary/aromatic N) is 2. The van der Waals surface area contributed by atoms with Gasteiger partial charge in [0.25, 0.3) is 5.91 Å². The molecule has 1 saturated heterocycles. The van der Waals surface area contributed by atoms with Crippen LogP contribution in [0.2, 0.25) is 0 Å². The second-order valence-corrected chi connectivity index (χ2v) is 7.63. The van der Waals surface area contributed by atoms with E-state index in [1.54, 1.807) is 0 Å². The van der Waals surface area contributed by atoms with Gasteiger partial charge >= 0.3 is 6.03 Å². The van der Waals surface area contributed by atoms with E-state index in [0.29, 0.717) is 18.0 Å². The predicted octanol–water partition coefficient (Wildman–Crippen LogP) is 2.41. The Kier molecular flexibility index (Phi) is 3.72. The summed E-state index contributed by atoms with van der Waals surface area (Å²) in [5, 5.41) is 5.94. The van der Waals surface area contributed by atoms with Crippen LogP contribution in [0.5, 0.6) is 0 Å². The van der Waals surface area contributed by atoms with E-state index in [4.69, 9.17) is 0 Å². The number of nitrogens with one attached hydrogen (secondary N) is 2. The first kappa shape index (κ1) is 16.0. The molecule has 4 rings (SSSR count). The third kappa shape index (κ3) is 2.66. The van der Waals surface area contributed by atoms with E-state index < -0.39 is 17.5 Å². The third-order valence-corrected chi connectivity index (χ3v) is 5.81. The molecule has 4 amide bonds. The van der Waals surface area contributed by atoms with Gasteiger partial charge in [-0.2, -0.15) is 0 Å². The SMILES string of the molecule is Cc1cccc2sc(NC(=O)CN3C(=O)NC4(CCCC4)C3=O)nc12. The Morgan fingerprint density at radius 3 is 2.84 bits per heavy atom. The Hall–Kier alpha value is -2.48. The van der Waals surface area contributed by atoms with Crippen molar-refractivity contribution in [1.29, 1.82) is 0 Å². The second kappa shape index (κ2) is 5.80. The minimum absolute atomic E-state index is 0.287. The lowest BCUT2D eigenvalue weighted by molar-refractivity contribution is -0.133. The Morgan fingerprint density at radius 2 is 2.12 bits per heavy atom. The molecule has 1 aliphatic heterocycles. The van der Waals surface area contributed by atoms with E-state index in [1.165, 1.54) is 11.3 Å². The van der Waals surface area contributed by atoms with Gasteiger partial charge in [0.15, 0.2) is 5.13 Å². The van der Waals surface area contributed by atoms with E-state index in [-0.39, 0.29) is 12.5 Å². The summed E-state index contributed by atoms with van der Waals surface area (Å²) < 4.78 is 0.982. The van der Waals surface area contributed by atoms with Crippen LogP contribution in [0.4, 0.5) is 9.93 Å². The predicted molar refractivity (Wildman–Crippen MR) is 94.4 cm³/mol. The van der Waals surface area contributed by atoms with Gasteiger partial charge in [-0.15, -0.1) is 0 Å². The molecule has 0 radical (unpaired) electrons. The van der Waals surface area contributed by atoms with Crippen LogP contribution in [0.15, 0.2) is 18.2 Å². The molecule has 1 aromatic heterocycles. The summed E-state index contributed by atoms with van der Waals surface area (Å²) in [5.74, 6) is -0.708. The number of imide groups is 1. The van der Waals surface area contributed by atoms with Crippen LogP contribution >= 0.6 is 11.3 Å². The van der Waals surface area contributed by atoms with Crippen molar-refractivity contribution in [3.8, 4) is 0 Å². The average molecular weight is 358 g/mol.